The van der Waals surface area contributed by atoms with Crippen LogP contribution in [-0.2, 0) is 6.42 Å². The molecular formula is C14H10BrClFIO. The van der Waals surface area contributed by atoms with Crippen LogP contribution < -0.4 is 0 Å². The molecule has 1 unspecified atom stereocenters. The molecule has 1 nitrogen and oxygen atoms in total. The summed E-state index contributed by atoms with van der Waals surface area (Å²) in [5.41, 5.74) is 1.64. The molecule has 100 valence electrons. The Kier molecular flexibility index (Phi) is 5.22. The Balaban J connectivity index is 2.22. The Labute approximate surface area is 138 Å². The molecule has 1 atom stereocenters. The molecule has 0 aromatic heterocycles. The molecule has 0 bridgehead atoms. The zero-order valence-corrected chi connectivity index (χ0v) is 14.2. The number of aliphatic hydroxyl groups excluding tert-OH is 1. The van der Waals surface area contributed by atoms with E-state index in [4.69, 9.17) is 11.6 Å². The van der Waals surface area contributed by atoms with Crippen molar-refractivity contribution in [3.05, 3.63) is 66.4 Å². The van der Waals surface area contributed by atoms with E-state index in [-0.39, 0.29) is 5.82 Å². The topological polar surface area (TPSA) is 20.2 Å². The molecule has 0 spiro atoms. The van der Waals surface area contributed by atoms with Crippen LogP contribution >= 0.6 is 50.1 Å². The van der Waals surface area contributed by atoms with E-state index in [2.05, 4.69) is 38.5 Å². The van der Waals surface area contributed by atoms with Gasteiger partial charge in [-0.2, -0.15) is 0 Å². The Morgan fingerprint density at radius 2 is 2.00 bits per heavy atom. The minimum Gasteiger partial charge on any atom is -0.388 e. The average molecular weight is 455 g/mol. The van der Waals surface area contributed by atoms with Crippen LogP contribution in [0.2, 0.25) is 5.02 Å². The number of hydrogen-bond acceptors (Lipinski definition) is 1. The van der Waals surface area contributed by atoms with Gasteiger partial charge in [0, 0.05) is 15.0 Å². The summed E-state index contributed by atoms with van der Waals surface area (Å²) in [7, 11) is 0. The number of halogens is 4. The fourth-order valence-corrected chi connectivity index (χ4v) is 3.07. The summed E-state index contributed by atoms with van der Waals surface area (Å²) in [6, 6.07) is 10.1. The molecule has 1 N–H and O–H groups in total. The predicted molar refractivity (Wildman–Crippen MR) is 86.9 cm³/mol. The van der Waals surface area contributed by atoms with Crippen LogP contribution in [0.15, 0.2) is 40.9 Å². The number of aliphatic hydroxyl groups is 1. The SMILES string of the molecule is OC(Cc1ccc(F)c(Br)c1)c1cc(Cl)ccc1I. The van der Waals surface area contributed by atoms with Gasteiger partial charge in [-0.3, -0.25) is 0 Å². The van der Waals surface area contributed by atoms with Crippen LogP contribution in [0, 0.1) is 9.39 Å². The highest BCUT2D eigenvalue weighted by molar-refractivity contribution is 14.1. The lowest BCUT2D eigenvalue weighted by atomic mass is 10.0. The van der Waals surface area contributed by atoms with E-state index in [1.54, 1.807) is 24.3 Å². The Morgan fingerprint density at radius 3 is 2.68 bits per heavy atom. The van der Waals surface area contributed by atoms with Crippen molar-refractivity contribution in [2.24, 2.45) is 0 Å². The Morgan fingerprint density at radius 1 is 1.26 bits per heavy atom. The first-order valence-electron chi connectivity index (χ1n) is 5.54. The third kappa shape index (κ3) is 3.90. The summed E-state index contributed by atoms with van der Waals surface area (Å²) in [6.45, 7) is 0. The number of benzene rings is 2. The van der Waals surface area contributed by atoms with Gasteiger partial charge in [0.25, 0.3) is 0 Å². The highest BCUT2D eigenvalue weighted by Crippen LogP contribution is 2.27. The highest BCUT2D eigenvalue weighted by Gasteiger charge is 2.13. The second kappa shape index (κ2) is 6.52. The molecule has 2 rings (SSSR count). The molecule has 19 heavy (non-hydrogen) atoms. The molecule has 0 fully saturated rings. The van der Waals surface area contributed by atoms with E-state index in [0.29, 0.717) is 15.9 Å². The van der Waals surface area contributed by atoms with Crippen molar-refractivity contribution in [2.45, 2.75) is 12.5 Å². The summed E-state index contributed by atoms with van der Waals surface area (Å²) < 4.78 is 14.5. The Hall–Kier alpha value is -0.170. The maximum absolute atomic E-state index is 13.1. The molecule has 0 aliphatic carbocycles. The van der Waals surface area contributed by atoms with Gasteiger partial charge >= 0.3 is 0 Å². The molecule has 0 aliphatic rings. The lowest BCUT2D eigenvalue weighted by Crippen LogP contribution is -2.04. The van der Waals surface area contributed by atoms with Gasteiger partial charge in [-0.25, -0.2) is 4.39 Å². The van der Waals surface area contributed by atoms with Crippen LogP contribution in [0.4, 0.5) is 4.39 Å². The molecular weight excluding hydrogens is 445 g/mol. The van der Waals surface area contributed by atoms with Crippen molar-refractivity contribution >= 4 is 50.1 Å². The zero-order chi connectivity index (χ0) is 14.0. The summed E-state index contributed by atoms with van der Waals surface area (Å²) in [5, 5.41) is 10.9. The largest absolute Gasteiger partial charge is 0.388 e. The van der Waals surface area contributed by atoms with E-state index in [1.165, 1.54) is 6.07 Å². The van der Waals surface area contributed by atoms with Crippen LogP contribution in [-0.4, -0.2) is 5.11 Å². The minimum absolute atomic E-state index is 0.310. The number of rotatable bonds is 3. The lowest BCUT2D eigenvalue weighted by molar-refractivity contribution is 0.177. The molecule has 0 aliphatic heterocycles. The van der Waals surface area contributed by atoms with E-state index < -0.39 is 6.10 Å². The quantitative estimate of drug-likeness (QED) is 0.637. The van der Waals surface area contributed by atoms with Gasteiger partial charge in [-0.15, -0.1) is 0 Å². The van der Waals surface area contributed by atoms with Gasteiger partial charge in [0.05, 0.1) is 10.6 Å². The summed E-state index contributed by atoms with van der Waals surface area (Å²) in [6.07, 6.45) is -0.252. The van der Waals surface area contributed by atoms with E-state index in [1.807, 2.05) is 6.07 Å². The molecule has 0 saturated carbocycles. The predicted octanol–water partition coefficient (Wildman–Crippen LogP) is 5.12. The van der Waals surface area contributed by atoms with Gasteiger partial charge in [-0.05, 0) is 80.0 Å². The summed E-state index contributed by atoms with van der Waals surface area (Å²) in [5.74, 6) is -0.310. The fraction of sp³-hybridized carbons (Fsp3) is 0.143. The maximum atomic E-state index is 13.1. The van der Waals surface area contributed by atoms with Crippen molar-refractivity contribution < 1.29 is 9.50 Å². The maximum Gasteiger partial charge on any atom is 0.137 e. The van der Waals surface area contributed by atoms with Gasteiger partial charge < -0.3 is 5.11 Å². The van der Waals surface area contributed by atoms with Gasteiger partial charge in [0.15, 0.2) is 0 Å². The van der Waals surface area contributed by atoms with E-state index in [9.17, 15) is 9.50 Å². The van der Waals surface area contributed by atoms with Crippen molar-refractivity contribution in [3.63, 3.8) is 0 Å². The van der Waals surface area contributed by atoms with Gasteiger partial charge in [-0.1, -0.05) is 17.7 Å². The smallest absolute Gasteiger partial charge is 0.137 e. The Bertz CT molecular complexity index is 606. The second-order valence-electron chi connectivity index (χ2n) is 4.13. The molecule has 0 heterocycles. The molecule has 0 radical (unpaired) electrons. The molecule has 0 amide bonds. The first-order chi connectivity index (χ1) is 8.97. The van der Waals surface area contributed by atoms with Crippen LogP contribution in [0.5, 0.6) is 0 Å². The lowest BCUT2D eigenvalue weighted by Gasteiger charge is -2.14. The normalized spacial score (nSPS) is 12.5. The first kappa shape index (κ1) is 15.2. The summed E-state index contributed by atoms with van der Waals surface area (Å²) in [4.78, 5) is 0. The van der Waals surface area contributed by atoms with E-state index >= 15 is 0 Å². The zero-order valence-electron chi connectivity index (χ0n) is 9.71. The molecule has 2 aromatic rings. The molecule has 2 aromatic carbocycles. The highest BCUT2D eigenvalue weighted by atomic mass is 127. The fourth-order valence-electron chi connectivity index (χ4n) is 1.77. The first-order valence-corrected chi connectivity index (χ1v) is 7.79. The van der Waals surface area contributed by atoms with Crippen molar-refractivity contribution in [1.29, 1.82) is 0 Å². The van der Waals surface area contributed by atoms with Crippen LogP contribution in [0.1, 0.15) is 17.2 Å². The van der Waals surface area contributed by atoms with Gasteiger partial charge in [0.1, 0.15) is 5.82 Å². The van der Waals surface area contributed by atoms with Crippen LogP contribution in [0.25, 0.3) is 0 Å². The van der Waals surface area contributed by atoms with Crippen molar-refractivity contribution in [3.8, 4) is 0 Å². The van der Waals surface area contributed by atoms with E-state index in [0.717, 1.165) is 14.7 Å². The van der Waals surface area contributed by atoms with Crippen molar-refractivity contribution in [2.75, 3.05) is 0 Å². The summed E-state index contributed by atoms with van der Waals surface area (Å²) >= 11 is 11.2. The average Bonchev–Trinajstić information content (AvgIpc) is 2.36. The molecule has 0 saturated heterocycles. The molecule has 5 heteroatoms. The van der Waals surface area contributed by atoms with Crippen molar-refractivity contribution in [1.82, 2.24) is 0 Å². The van der Waals surface area contributed by atoms with Gasteiger partial charge in [0.2, 0.25) is 0 Å². The second-order valence-corrected chi connectivity index (χ2v) is 6.59. The number of hydrogen-bond donors (Lipinski definition) is 1. The minimum atomic E-state index is -0.664. The standard InChI is InChI=1S/C14H10BrClFIO/c15-11-5-8(1-3-12(11)17)6-14(19)10-7-9(16)2-4-13(10)18/h1-5,7,14,19H,6H2. The van der Waals surface area contributed by atoms with Crippen LogP contribution in [0.3, 0.4) is 0 Å². The third-order valence-corrected chi connectivity index (χ3v) is 4.56. The monoisotopic (exact) mass is 454 g/mol. The third-order valence-electron chi connectivity index (χ3n) is 2.73.